The van der Waals surface area contributed by atoms with Crippen LogP contribution in [-0.2, 0) is 14.2 Å². The summed E-state index contributed by atoms with van der Waals surface area (Å²) < 4.78 is 14.7. The first-order chi connectivity index (χ1) is 6.56. The number of allylic oxidation sites excluding steroid dienone is 1. The summed E-state index contributed by atoms with van der Waals surface area (Å²) in [4.78, 5) is 10.9. The topological polar surface area (TPSA) is 56.8 Å². The molecule has 0 aliphatic rings. The number of amides is 1. The summed E-state index contributed by atoms with van der Waals surface area (Å²) in [5, 5.41) is 2.48. The van der Waals surface area contributed by atoms with Gasteiger partial charge in [0, 0.05) is 6.54 Å². The van der Waals surface area contributed by atoms with Crippen LogP contribution < -0.4 is 5.32 Å². The van der Waals surface area contributed by atoms with Gasteiger partial charge >= 0.3 is 6.09 Å². The van der Waals surface area contributed by atoms with Gasteiger partial charge in [0.05, 0.1) is 5.76 Å². The van der Waals surface area contributed by atoms with Crippen molar-refractivity contribution in [2.45, 2.75) is 27.1 Å². The van der Waals surface area contributed by atoms with Crippen LogP contribution in [0.3, 0.4) is 0 Å². The lowest BCUT2D eigenvalue weighted by Gasteiger charge is -2.14. The van der Waals surface area contributed by atoms with E-state index in [0.717, 1.165) is 0 Å². The maximum absolute atomic E-state index is 10.9. The Kier molecular flexibility index (Phi) is 6.57. The molecular formula is C9H17NO4. The molecule has 0 aromatic heterocycles. The van der Waals surface area contributed by atoms with Crippen molar-refractivity contribution in [1.82, 2.24) is 5.32 Å². The maximum atomic E-state index is 10.9. The molecule has 82 valence electrons. The molecule has 0 saturated carbocycles. The summed E-state index contributed by atoms with van der Waals surface area (Å²) in [5.41, 5.74) is 0. The van der Waals surface area contributed by atoms with E-state index in [1.807, 2.05) is 0 Å². The Morgan fingerprint density at radius 3 is 2.71 bits per heavy atom. The van der Waals surface area contributed by atoms with Gasteiger partial charge in [-0.15, -0.1) is 0 Å². The Hall–Kier alpha value is -1.23. The van der Waals surface area contributed by atoms with E-state index in [1.54, 1.807) is 20.8 Å². The van der Waals surface area contributed by atoms with Crippen molar-refractivity contribution in [3.8, 4) is 0 Å². The van der Waals surface area contributed by atoms with Crippen molar-refractivity contribution in [2.75, 3.05) is 13.3 Å². The molecule has 1 unspecified atom stereocenters. The minimum absolute atomic E-state index is 0.0237. The number of carbonyl (C=O) groups is 1. The summed E-state index contributed by atoms with van der Waals surface area (Å²) in [6, 6.07) is 0. The number of carbonyl (C=O) groups excluding carboxylic acids is 1. The van der Waals surface area contributed by atoms with E-state index in [9.17, 15) is 4.79 Å². The van der Waals surface area contributed by atoms with Gasteiger partial charge < -0.3 is 19.5 Å². The van der Waals surface area contributed by atoms with Crippen LogP contribution in [0.2, 0.25) is 0 Å². The standard InChI is InChI=1S/C9H17NO4/c1-5-10-9(11)14-8(4)13-6-12-7(2)3/h8H,2,5-6H2,1,3-4H3,(H,10,11). The van der Waals surface area contributed by atoms with Gasteiger partial charge in [-0.2, -0.15) is 0 Å². The Labute approximate surface area is 84.0 Å². The van der Waals surface area contributed by atoms with E-state index in [1.165, 1.54) is 0 Å². The Balaban J connectivity index is 3.49. The fraction of sp³-hybridized carbons (Fsp3) is 0.667. The molecule has 5 heteroatoms. The van der Waals surface area contributed by atoms with Crippen LogP contribution in [0.4, 0.5) is 4.79 Å². The molecule has 0 heterocycles. The summed E-state index contributed by atoms with van der Waals surface area (Å²) in [6.07, 6.45) is -1.14. The van der Waals surface area contributed by atoms with Crippen LogP contribution in [0.5, 0.6) is 0 Å². The van der Waals surface area contributed by atoms with Crippen LogP contribution in [0.1, 0.15) is 20.8 Å². The van der Waals surface area contributed by atoms with Crippen LogP contribution >= 0.6 is 0 Å². The van der Waals surface area contributed by atoms with Crippen LogP contribution in [0, 0.1) is 0 Å². The van der Waals surface area contributed by atoms with Gasteiger partial charge in [0.1, 0.15) is 0 Å². The van der Waals surface area contributed by atoms with Crippen molar-refractivity contribution in [2.24, 2.45) is 0 Å². The monoisotopic (exact) mass is 203 g/mol. The normalized spacial score (nSPS) is 11.6. The first-order valence-corrected chi connectivity index (χ1v) is 4.40. The molecule has 0 spiro atoms. The number of alkyl carbamates (subject to hydrolysis) is 1. The van der Waals surface area contributed by atoms with Crippen LogP contribution in [0.15, 0.2) is 12.3 Å². The number of rotatable bonds is 6. The second-order valence-electron chi connectivity index (χ2n) is 2.63. The van der Waals surface area contributed by atoms with Crippen molar-refractivity contribution in [1.29, 1.82) is 0 Å². The third-order valence-corrected chi connectivity index (χ3v) is 1.20. The number of nitrogens with one attached hydrogen (secondary N) is 1. The lowest BCUT2D eigenvalue weighted by Crippen LogP contribution is -2.29. The van der Waals surface area contributed by atoms with Gasteiger partial charge in [0.15, 0.2) is 6.79 Å². The molecule has 1 atom stereocenters. The largest absolute Gasteiger partial charge is 0.473 e. The molecule has 0 aliphatic heterocycles. The average Bonchev–Trinajstić information content (AvgIpc) is 2.03. The molecule has 1 N–H and O–H groups in total. The quantitative estimate of drug-likeness (QED) is 0.526. The van der Waals surface area contributed by atoms with Gasteiger partial charge in [-0.1, -0.05) is 6.58 Å². The third kappa shape index (κ3) is 7.42. The second-order valence-corrected chi connectivity index (χ2v) is 2.63. The van der Waals surface area contributed by atoms with Crippen LogP contribution in [-0.4, -0.2) is 25.7 Å². The first kappa shape index (κ1) is 12.8. The highest BCUT2D eigenvalue weighted by Crippen LogP contribution is 1.97. The molecule has 0 saturated heterocycles. The summed E-state index contributed by atoms with van der Waals surface area (Å²) in [5.74, 6) is 0.551. The van der Waals surface area contributed by atoms with Gasteiger partial charge in [-0.3, -0.25) is 0 Å². The summed E-state index contributed by atoms with van der Waals surface area (Å²) >= 11 is 0. The Morgan fingerprint density at radius 1 is 1.57 bits per heavy atom. The number of hydrogen-bond acceptors (Lipinski definition) is 4. The molecule has 0 aromatic rings. The molecular weight excluding hydrogens is 186 g/mol. The fourth-order valence-electron chi connectivity index (χ4n) is 0.601. The molecule has 0 radical (unpaired) electrons. The minimum Gasteiger partial charge on any atom is -0.473 e. The molecule has 5 nitrogen and oxygen atoms in total. The first-order valence-electron chi connectivity index (χ1n) is 4.40. The minimum atomic E-state index is -0.638. The zero-order chi connectivity index (χ0) is 11.0. The molecule has 0 bridgehead atoms. The predicted octanol–water partition coefficient (Wildman–Crippen LogP) is 1.60. The van der Waals surface area contributed by atoms with Crippen molar-refractivity contribution < 1.29 is 19.0 Å². The van der Waals surface area contributed by atoms with Gasteiger partial charge in [0.2, 0.25) is 6.29 Å². The lowest BCUT2D eigenvalue weighted by atomic mass is 10.7. The molecule has 0 fully saturated rings. The van der Waals surface area contributed by atoms with E-state index in [4.69, 9.17) is 14.2 Å². The fourth-order valence-corrected chi connectivity index (χ4v) is 0.601. The van der Waals surface area contributed by atoms with Crippen molar-refractivity contribution in [3.63, 3.8) is 0 Å². The summed E-state index contributed by atoms with van der Waals surface area (Å²) in [6.45, 7) is 9.18. The zero-order valence-electron chi connectivity index (χ0n) is 8.83. The van der Waals surface area contributed by atoms with E-state index in [2.05, 4.69) is 11.9 Å². The van der Waals surface area contributed by atoms with Crippen molar-refractivity contribution in [3.05, 3.63) is 12.3 Å². The van der Waals surface area contributed by atoms with Crippen LogP contribution in [0.25, 0.3) is 0 Å². The highest BCUT2D eigenvalue weighted by Gasteiger charge is 2.07. The molecule has 0 aromatic carbocycles. The Morgan fingerprint density at radius 2 is 2.21 bits per heavy atom. The van der Waals surface area contributed by atoms with E-state index < -0.39 is 12.4 Å². The highest BCUT2D eigenvalue weighted by molar-refractivity contribution is 5.67. The summed E-state index contributed by atoms with van der Waals surface area (Å²) in [7, 11) is 0. The van der Waals surface area contributed by atoms with E-state index in [-0.39, 0.29) is 6.79 Å². The second kappa shape index (κ2) is 7.20. The lowest BCUT2D eigenvalue weighted by molar-refractivity contribution is -0.148. The van der Waals surface area contributed by atoms with Crippen molar-refractivity contribution >= 4 is 6.09 Å². The number of hydrogen-bond donors (Lipinski definition) is 1. The zero-order valence-corrected chi connectivity index (χ0v) is 8.83. The van der Waals surface area contributed by atoms with Gasteiger partial charge in [0.25, 0.3) is 0 Å². The average molecular weight is 203 g/mol. The molecule has 0 aliphatic carbocycles. The van der Waals surface area contributed by atoms with Gasteiger partial charge in [-0.05, 0) is 20.8 Å². The molecule has 1 amide bonds. The SMILES string of the molecule is C=C(C)OCOC(C)OC(=O)NCC. The smallest absolute Gasteiger partial charge is 0.409 e. The molecule has 14 heavy (non-hydrogen) atoms. The van der Waals surface area contributed by atoms with E-state index >= 15 is 0 Å². The highest BCUT2D eigenvalue weighted by atomic mass is 16.8. The maximum Gasteiger partial charge on any atom is 0.409 e. The van der Waals surface area contributed by atoms with Gasteiger partial charge in [-0.25, -0.2) is 4.79 Å². The van der Waals surface area contributed by atoms with E-state index in [0.29, 0.717) is 12.3 Å². The molecule has 0 rings (SSSR count). The third-order valence-electron chi connectivity index (χ3n) is 1.20. The number of ether oxygens (including phenoxy) is 3. The Bertz CT molecular complexity index is 193. The predicted molar refractivity (Wildman–Crippen MR) is 51.5 cm³/mol.